The molecule has 1 heterocycles. The van der Waals surface area contributed by atoms with Crippen LogP contribution >= 0.6 is 11.8 Å². The average Bonchev–Trinajstić information content (AvgIpc) is 2.45. The Balaban J connectivity index is 2.29. The van der Waals surface area contributed by atoms with E-state index in [0.29, 0.717) is 6.61 Å². The summed E-state index contributed by atoms with van der Waals surface area (Å²) in [5.74, 6) is 0.780. The third kappa shape index (κ3) is 3.22. The van der Waals surface area contributed by atoms with Gasteiger partial charge >= 0.3 is 5.97 Å². The van der Waals surface area contributed by atoms with Gasteiger partial charge in [0.2, 0.25) is 0 Å². The van der Waals surface area contributed by atoms with E-state index < -0.39 is 0 Å². The average molecular weight is 291 g/mol. The molecule has 0 atom stereocenters. The summed E-state index contributed by atoms with van der Waals surface area (Å²) >= 11 is 1.38. The zero-order chi connectivity index (χ0) is 14.5. The molecule has 0 radical (unpaired) electrons. The van der Waals surface area contributed by atoms with Crippen molar-refractivity contribution in [1.29, 1.82) is 0 Å². The number of nitrogens with zero attached hydrogens (tertiary/aromatic N) is 1. The van der Waals surface area contributed by atoms with Crippen molar-refractivity contribution < 1.29 is 14.3 Å². The third-order valence-corrected chi connectivity index (χ3v) is 3.73. The molecule has 0 aliphatic heterocycles. The van der Waals surface area contributed by atoms with Crippen LogP contribution in [0.15, 0.2) is 29.3 Å². The number of esters is 1. The van der Waals surface area contributed by atoms with Gasteiger partial charge in [-0.05, 0) is 31.5 Å². The Labute approximate surface area is 122 Å². The van der Waals surface area contributed by atoms with E-state index in [9.17, 15) is 4.79 Å². The molecule has 0 saturated heterocycles. The fourth-order valence-electron chi connectivity index (χ4n) is 1.94. The fourth-order valence-corrected chi connectivity index (χ4v) is 2.70. The molecule has 0 amide bonds. The largest absolute Gasteiger partial charge is 0.494 e. The first-order chi connectivity index (χ1) is 9.65. The van der Waals surface area contributed by atoms with Crippen LogP contribution in [0.25, 0.3) is 10.9 Å². The minimum absolute atomic E-state index is 0.225. The molecule has 0 bridgehead atoms. The predicted octanol–water partition coefficient (Wildman–Crippen LogP) is 3.21. The van der Waals surface area contributed by atoms with Crippen LogP contribution in [0.5, 0.6) is 5.75 Å². The SMILES string of the molecule is CCOC(=O)CSc1cc(C)c2cccc(OC)c2n1. The Morgan fingerprint density at radius 2 is 2.20 bits per heavy atom. The summed E-state index contributed by atoms with van der Waals surface area (Å²) < 4.78 is 10.3. The van der Waals surface area contributed by atoms with Crippen molar-refractivity contribution in [2.45, 2.75) is 18.9 Å². The van der Waals surface area contributed by atoms with Crippen molar-refractivity contribution in [3.05, 3.63) is 29.8 Å². The van der Waals surface area contributed by atoms with Crippen molar-refractivity contribution in [1.82, 2.24) is 4.98 Å². The molecule has 2 aromatic rings. The molecule has 0 unspecified atom stereocenters. The third-order valence-electron chi connectivity index (χ3n) is 2.85. The van der Waals surface area contributed by atoms with E-state index >= 15 is 0 Å². The van der Waals surface area contributed by atoms with Crippen molar-refractivity contribution >= 4 is 28.6 Å². The van der Waals surface area contributed by atoms with E-state index in [1.54, 1.807) is 14.0 Å². The number of ether oxygens (including phenoxy) is 2. The van der Waals surface area contributed by atoms with Crippen LogP contribution in [0.3, 0.4) is 0 Å². The molecule has 106 valence electrons. The second-order valence-electron chi connectivity index (χ2n) is 4.23. The first-order valence-corrected chi connectivity index (χ1v) is 7.37. The van der Waals surface area contributed by atoms with Crippen LogP contribution in [-0.2, 0) is 9.53 Å². The molecule has 0 fully saturated rings. The number of carbonyl (C=O) groups is 1. The van der Waals surface area contributed by atoms with Crippen molar-refractivity contribution in [2.75, 3.05) is 19.5 Å². The Morgan fingerprint density at radius 1 is 1.40 bits per heavy atom. The number of benzene rings is 1. The zero-order valence-corrected chi connectivity index (χ0v) is 12.6. The molecule has 5 heteroatoms. The quantitative estimate of drug-likeness (QED) is 0.625. The van der Waals surface area contributed by atoms with Gasteiger partial charge in [0.25, 0.3) is 0 Å². The Bertz CT molecular complexity index is 628. The van der Waals surface area contributed by atoms with Gasteiger partial charge < -0.3 is 9.47 Å². The number of aryl methyl sites for hydroxylation is 1. The van der Waals surface area contributed by atoms with Crippen molar-refractivity contribution in [3.63, 3.8) is 0 Å². The number of methoxy groups -OCH3 is 1. The number of carbonyl (C=O) groups excluding carboxylic acids is 1. The van der Waals surface area contributed by atoms with Crippen LogP contribution in [-0.4, -0.2) is 30.4 Å². The van der Waals surface area contributed by atoms with Gasteiger partial charge in [0, 0.05) is 5.39 Å². The second-order valence-corrected chi connectivity index (χ2v) is 5.22. The number of hydrogen-bond acceptors (Lipinski definition) is 5. The summed E-state index contributed by atoms with van der Waals surface area (Å²) in [5, 5.41) is 1.86. The van der Waals surface area contributed by atoms with Gasteiger partial charge in [-0.2, -0.15) is 0 Å². The van der Waals surface area contributed by atoms with Crippen LogP contribution in [0.4, 0.5) is 0 Å². The molecule has 1 aromatic carbocycles. The van der Waals surface area contributed by atoms with Gasteiger partial charge in [-0.3, -0.25) is 4.79 Å². The van der Waals surface area contributed by atoms with Gasteiger partial charge in [-0.1, -0.05) is 23.9 Å². The van der Waals surface area contributed by atoms with E-state index in [1.807, 2.05) is 31.2 Å². The maximum absolute atomic E-state index is 11.4. The summed E-state index contributed by atoms with van der Waals surface area (Å²) in [5.41, 5.74) is 1.93. The topological polar surface area (TPSA) is 48.4 Å². The summed E-state index contributed by atoms with van der Waals surface area (Å²) in [6.07, 6.45) is 0. The van der Waals surface area contributed by atoms with Crippen molar-refractivity contribution in [2.24, 2.45) is 0 Å². The highest BCUT2D eigenvalue weighted by atomic mass is 32.2. The highest BCUT2D eigenvalue weighted by Crippen LogP contribution is 2.29. The standard InChI is InChI=1S/C15H17NO3S/c1-4-19-14(17)9-20-13-8-10(2)11-6-5-7-12(18-3)15(11)16-13/h5-8H,4,9H2,1-3H3. The van der Waals surface area contributed by atoms with E-state index in [0.717, 1.165) is 27.2 Å². The Kier molecular flexibility index (Phi) is 4.84. The van der Waals surface area contributed by atoms with Crippen LogP contribution < -0.4 is 4.74 Å². The summed E-state index contributed by atoms with van der Waals surface area (Å²) in [6.45, 7) is 4.22. The van der Waals surface area contributed by atoms with Gasteiger partial charge in [0.15, 0.2) is 0 Å². The fraction of sp³-hybridized carbons (Fsp3) is 0.333. The predicted molar refractivity (Wildman–Crippen MR) is 80.4 cm³/mol. The number of para-hydroxylation sites is 1. The molecule has 0 aliphatic carbocycles. The molecular weight excluding hydrogens is 274 g/mol. The van der Waals surface area contributed by atoms with Gasteiger partial charge in [0.05, 0.1) is 24.5 Å². The van der Waals surface area contributed by atoms with Gasteiger partial charge in [-0.25, -0.2) is 4.98 Å². The molecular formula is C15H17NO3S. The van der Waals surface area contributed by atoms with E-state index in [-0.39, 0.29) is 11.7 Å². The van der Waals surface area contributed by atoms with Crippen LogP contribution in [0.2, 0.25) is 0 Å². The lowest BCUT2D eigenvalue weighted by atomic mass is 10.1. The lowest BCUT2D eigenvalue weighted by Crippen LogP contribution is -2.06. The van der Waals surface area contributed by atoms with E-state index in [2.05, 4.69) is 4.98 Å². The number of pyridine rings is 1. The number of rotatable bonds is 5. The maximum Gasteiger partial charge on any atom is 0.316 e. The second kappa shape index (κ2) is 6.61. The first kappa shape index (κ1) is 14.7. The van der Waals surface area contributed by atoms with Crippen molar-refractivity contribution in [3.8, 4) is 5.75 Å². The Hall–Kier alpha value is -1.75. The molecule has 0 aliphatic rings. The van der Waals surface area contributed by atoms with E-state index in [1.165, 1.54) is 11.8 Å². The first-order valence-electron chi connectivity index (χ1n) is 6.38. The highest BCUT2D eigenvalue weighted by molar-refractivity contribution is 7.99. The molecule has 0 saturated carbocycles. The molecule has 20 heavy (non-hydrogen) atoms. The molecule has 0 N–H and O–H groups in total. The van der Waals surface area contributed by atoms with Crippen LogP contribution in [0.1, 0.15) is 12.5 Å². The Morgan fingerprint density at radius 3 is 2.90 bits per heavy atom. The summed E-state index contributed by atoms with van der Waals surface area (Å²) in [7, 11) is 1.63. The maximum atomic E-state index is 11.4. The van der Waals surface area contributed by atoms with Crippen LogP contribution in [0, 0.1) is 6.92 Å². The molecule has 0 spiro atoms. The molecule has 1 aromatic heterocycles. The minimum Gasteiger partial charge on any atom is -0.494 e. The monoisotopic (exact) mass is 291 g/mol. The van der Waals surface area contributed by atoms with E-state index in [4.69, 9.17) is 9.47 Å². The summed E-state index contributed by atoms with van der Waals surface area (Å²) in [4.78, 5) is 16.0. The van der Waals surface area contributed by atoms with Gasteiger partial charge in [0.1, 0.15) is 11.3 Å². The minimum atomic E-state index is -0.225. The zero-order valence-electron chi connectivity index (χ0n) is 11.8. The molecule has 4 nitrogen and oxygen atoms in total. The lowest BCUT2D eigenvalue weighted by Gasteiger charge is -2.09. The number of aromatic nitrogens is 1. The number of fused-ring (bicyclic) bond motifs is 1. The molecule has 2 rings (SSSR count). The number of thioether (sulfide) groups is 1. The summed E-state index contributed by atoms with van der Waals surface area (Å²) in [6, 6.07) is 7.82. The number of hydrogen-bond donors (Lipinski definition) is 0. The highest BCUT2D eigenvalue weighted by Gasteiger charge is 2.09. The normalized spacial score (nSPS) is 10.6. The van der Waals surface area contributed by atoms with Gasteiger partial charge in [-0.15, -0.1) is 0 Å². The lowest BCUT2D eigenvalue weighted by molar-refractivity contribution is -0.139. The smallest absolute Gasteiger partial charge is 0.316 e.